The van der Waals surface area contributed by atoms with Crippen molar-refractivity contribution in [3.8, 4) is 5.75 Å². The standard InChI is InChI=1S/C30H45N4O12P/c1-16-12-20-25(32-10-11-45-47(40,41)42)21(34-39)15-22(27(20)36)33-29(37)17(2)8-7-9-23(43-5)28(46-30(31)38)19(4)14-18(3)26(35)24(13-16)44-6/h7-9,14-16,18,23-24,26,28,32,35-36H,10-13H2,1-6H3,(H2,31,38)(H,33,37)(H2,40,41,42)/b9-7-,17-8+,19-14+/t16-,18+,23+,24+,26-,28+/m1/s1. The molecular formula is C30H45N4O12P. The minimum atomic E-state index is -4.76. The number of methoxy groups -OCH3 is 2. The van der Waals surface area contributed by atoms with E-state index in [1.54, 1.807) is 26.0 Å². The smallest absolute Gasteiger partial charge is 0.469 e. The number of phenolic OH excluding ortho intramolecular Hbond substituents is 1. The minimum Gasteiger partial charge on any atom is -0.505 e. The van der Waals surface area contributed by atoms with Gasteiger partial charge in [0, 0.05) is 37.8 Å². The van der Waals surface area contributed by atoms with Crippen molar-refractivity contribution in [2.75, 3.05) is 38.0 Å². The Morgan fingerprint density at radius 3 is 2.47 bits per heavy atom. The first-order chi connectivity index (χ1) is 22.0. The minimum absolute atomic E-state index is 0.0743. The largest absolute Gasteiger partial charge is 0.505 e. The Morgan fingerprint density at radius 1 is 1.21 bits per heavy atom. The molecule has 6 atom stereocenters. The van der Waals surface area contributed by atoms with Crippen molar-refractivity contribution in [1.82, 2.24) is 0 Å². The SMILES string of the molecule is CO[C@H]1/C=C\C=C(/C)C(=O)Nc2cc(N=O)c(NCCOP(=O)(O)O)c(c2O)C[C@@H](C)C[C@H](OC)[C@H](O)[C@@H](C)/C=C(\C)[C@@H]1OC(N)=O. The molecule has 8 N–H and O–H groups in total. The molecule has 1 aliphatic rings. The predicted molar refractivity (Wildman–Crippen MR) is 174 cm³/mol. The molecule has 262 valence electrons. The molecule has 1 heterocycles. The number of ether oxygens (including phenoxy) is 3. The van der Waals surface area contributed by atoms with Gasteiger partial charge in [-0.1, -0.05) is 38.2 Å². The molecule has 47 heavy (non-hydrogen) atoms. The number of phosphoric ester groups is 1. The van der Waals surface area contributed by atoms with Crippen LogP contribution in [0.25, 0.3) is 0 Å². The number of hydrogen-bond donors (Lipinski definition) is 7. The number of aromatic hydroxyl groups is 1. The zero-order valence-electron chi connectivity index (χ0n) is 27.2. The number of primary amides is 1. The van der Waals surface area contributed by atoms with Crippen LogP contribution in [-0.2, 0) is 34.5 Å². The normalized spacial score (nSPS) is 27.8. The molecule has 16 nitrogen and oxygen atoms in total. The summed E-state index contributed by atoms with van der Waals surface area (Å²) in [4.78, 5) is 54.9. The average Bonchev–Trinajstić information content (AvgIpc) is 3.00. The van der Waals surface area contributed by atoms with Crippen LogP contribution < -0.4 is 16.4 Å². The molecule has 0 radical (unpaired) electrons. The van der Waals surface area contributed by atoms with Crippen molar-refractivity contribution in [1.29, 1.82) is 0 Å². The summed E-state index contributed by atoms with van der Waals surface area (Å²) in [6.07, 6.45) is 2.04. The van der Waals surface area contributed by atoms with Crippen LogP contribution in [0.2, 0.25) is 0 Å². The van der Waals surface area contributed by atoms with Gasteiger partial charge in [0.2, 0.25) is 0 Å². The summed E-state index contributed by atoms with van der Waals surface area (Å²) in [6, 6.07) is 1.16. The van der Waals surface area contributed by atoms with E-state index < -0.39 is 56.8 Å². The molecule has 1 aromatic rings. The van der Waals surface area contributed by atoms with Crippen molar-refractivity contribution in [3.63, 3.8) is 0 Å². The Kier molecular flexibility index (Phi) is 15.2. The first kappa shape index (κ1) is 39.5. The number of carbonyl (C=O) groups excluding carboxylic acids is 2. The Balaban J connectivity index is 2.67. The lowest BCUT2D eigenvalue weighted by molar-refractivity contribution is -0.112. The maximum atomic E-state index is 13.1. The van der Waals surface area contributed by atoms with Crippen molar-refractivity contribution in [3.05, 3.63) is 52.0 Å². The highest BCUT2D eigenvalue weighted by Crippen LogP contribution is 2.43. The van der Waals surface area contributed by atoms with E-state index in [2.05, 4.69) is 20.3 Å². The van der Waals surface area contributed by atoms with Crippen molar-refractivity contribution < 1.29 is 52.9 Å². The van der Waals surface area contributed by atoms with Crippen LogP contribution >= 0.6 is 7.82 Å². The lowest BCUT2D eigenvalue weighted by Crippen LogP contribution is -2.37. The molecule has 1 aliphatic heterocycles. The summed E-state index contributed by atoms with van der Waals surface area (Å²) in [6.45, 7) is 6.19. The van der Waals surface area contributed by atoms with Crippen molar-refractivity contribution in [2.45, 2.75) is 65.0 Å². The molecule has 0 aliphatic carbocycles. The Bertz CT molecular complexity index is 1410. The molecule has 2 amide bonds. The molecule has 2 bridgehead atoms. The Morgan fingerprint density at radius 2 is 1.89 bits per heavy atom. The van der Waals surface area contributed by atoms with Gasteiger partial charge in [-0.15, -0.1) is 4.91 Å². The molecule has 0 spiro atoms. The molecule has 17 heteroatoms. The summed E-state index contributed by atoms with van der Waals surface area (Å²) in [5, 5.41) is 31.1. The zero-order valence-corrected chi connectivity index (χ0v) is 28.1. The van der Waals surface area contributed by atoms with Gasteiger partial charge in [-0.3, -0.25) is 9.32 Å². The van der Waals surface area contributed by atoms with E-state index in [1.807, 2.05) is 6.92 Å². The number of carbonyl (C=O) groups is 2. The highest BCUT2D eigenvalue weighted by atomic mass is 31.2. The quantitative estimate of drug-likeness (QED) is 0.0644. The molecule has 0 saturated carbocycles. The number of phosphoric acid groups is 1. The van der Waals surface area contributed by atoms with E-state index in [9.17, 15) is 29.3 Å². The summed E-state index contributed by atoms with van der Waals surface area (Å²) >= 11 is 0. The Hall–Kier alpha value is -3.63. The van der Waals surface area contributed by atoms with Crippen LogP contribution in [0.3, 0.4) is 0 Å². The van der Waals surface area contributed by atoms with Crippen molar-refractivity contribution >= 4 is 36.9 Å². The number of nitroso groups, excluding NO2 is 1. The Labute approximate surface area is 273 Å². The number of anilines is 2. The van der Waals surface area contributed by atoms with Crippen LogP contribution in [0.4, 0.5) is 21.9 Å². The number of benzene rings is 1. The second-order valence-corrected chi connectivity index (χ2v) is 12.6. The maximum Gasteiger partial charge on any atom is 0.469 e. The fourth-order valence-electron chi connectivity index (χ4n) is 5.22. The molecular weight excluding hydrogens is 639 g/mol. The molecule has 0 aromatic heterocycles. The number of allylic oxidation sites excluding steroid dienone is 2. The summed E-state index contributed by atoms with van der Waals surface area (Å²) < 4.78 is 32.1. The van der Waals surface area contributed by atoms with Gasteiger partial charge in [-0.25, -0.2) is 9.36 Å². The fourth-order valence-corrected chi connectivity index (χ4v) is 5.55. The van der Waals surface area contributed by atoms with Crippen LogP contribution in [0.5, 0.6) is 5.75 Å². The highest BCUT2D eigenvalue weighted by Gasteiger charge is 2.30. The number of nitrogens with zero attached hydrogens (tertiary/aromatic N) is 1. The van der Waals surface area contributed by atoms with Gasteiger partial charge in [0.25, 0.3) is 5.91 Å². The van der Waals surface area contributed by atoms with Gasteiger partial charge < -0.3 is 50.6 Å². The third kappa shape index (κ3) is 11.8. The second-order valence-electron chi connectivity index (χ2n) is 11.3. The first-order valence-corrected chi connectivity index (χ1v) is 16.3. The maximum absolute atomic E-state index is 13.1. The van der Waals surface area contributed by atoms with Gasteiger partial charge in [-0.05, 0) is 49.4 Å². The van der Waals surface area contributed by atoms with Gasteiger partial charge in [0.1, 0.15) is 17.5 Å². The predicted octanol–water partition coefficient (Wildman–Crippen LogP) is 3.77. The number of aliphatic hydroxyl groups is 1. The topological polar surface area (TPSA) is 249 Å². The third-order valence-corrected chi connectivity index (χ3v) is 8.11. The molecule has 2 rings (SSSR count). The lowest BCUT2D eigenvalue weighted by atomic mass is 9.87. The van der Waals surface area contributed by atoms with E-state index in [1.165, 1.54) is 33.3 Å². The van der Waals surface area contributed by atoms with E-state index in [-0.39, 0.29) is 59.3 Å². The van der Waals surface area contributed by atoms with E-state index in [0.29, 0.717) is 5.57 Å². The van der Waals surface area contributed by atoms with Gasteiger partial charge >= 0.3 is 13.9 Å². The zero-order chi connectivity index (χ0) is 35.5. The lowest BCUT2D eigenvalue weighted by Gasteiger charge is -2.29. The summed E-state index contributed by atoms with van der Waals surface area (Å²) in [7, 11) is -1.91. The molecule has 1 aromatic carbocycles. The summed E-state index contributed by atoms with van der Waals surface area (Å²) in [5.74, 6) is -1.81. The van der Waals surface area contributed by atoms with E-state index in [4.69, 9.17) is 29.7 Å². The van der Waals surface area contributed by atoms with Crippen LogP contribution in [-0.4, -0.2) is 83.8 Å². The van der Waals surface area contributed by atoms with Gasteiger partial charge in [0.15, 0.2) is 6.10 Å². The number of phenols is 1. The van der Waals surface area contributed by atoms with Gasteiger partial charge in [0.05, 0.1) is 30.2 Å². The number of nitrogens with one attached hydrogen (secondary N) is 2. The van der Waals surface area contributed by atoms with Crippen LogP contribution in [0.15, 0.2) is 46.7 Å². The number of rotatable bonds is 9. The van der Waals surface area contributed by atoms with E-state index in [0.717, 1.165) is 6.07 Å². The van der Waals surface area contributed by atoms with Gasteiger partial charge in [-0.2, -0.15) is 0 Å². The number of amides is 2. The summed E-state index contributed by atoms with van der Waals surface area (Å²) in [5.41, 5.74) is 6.03. The third-order valence-electron chi connectivity index (χ3n) is 7.59. The van der Waals surface area contributed by atoms with E-state index >= 15 is 0 Å². The molecule has 0 saturated heterocycles. The number of fused-ring (bicyclic) bond motifs is 2. The van der Waals surface area contributed by atoms with Crippen LogP contribution in [0.1, 0.15) is 39.7 Å². The highest BCUT2D eigenvalue weighted by molar-refractivity contribution is 7.46. The second kappa shape index (κ2) is 18.1. The monoisotopic (exact) mass is 684 g/mol. The van der Waals surface area contributed by atoms with Crippen molar-refractivity contribution in [2.24, 2.45) is 22.7 Å². The number of hydrogen-bond acceptors (Lipinski definition) is 12. The fraction of sp³-hybridized carbons (Fsp3) is 0.533. The average molecular weight is 685 g/mol. The number of nitrogens with two attached hydrogens (primary N) is 1. The number of aliphatic hydroxyl groups excluding tert-OH is 1. The first-order valence-electron chi connectivity index (χ1n) is 14.7. The van der Waals surface area contributed by atoms with Crippen LogP contribution in [0, 0.1) is 16.7 Å². The molecule has 0 unspecified atom stereocenters. The molecule has 0 fully saturated rings.